The van der Waals surface area contributed by atoms with Crippen LogP contribution in [0, 0.1) is 0 Å². The van der Waals surface area contributed by atoms with Gasteiger partial charge in [0.05, 0.1) is 25.3 Å². The summed E-state index contributed by atoms with van der Waals surface area (Å²) in [5.41, 5.74) is 0.829. The highest BCUT2D eigenvalue weighted by Gasteiger charge is 2.46. The number of carbonyl (C=O) groups excluding carboxylic acids is 2. The molecule has 0 radical (unpaired) electrons. The maximum Gasteiger partial charge on any atom is 0.295 e. The zero-order valence-electron chi connectivity index (χ0n) is 19.0. The summed E-state index contributed by atoms with van der Waals surface area (Å²) >= 11 is 0. The molecular formula is C25H29NO7. The molecule has 8 heteroatoms. The van der Waals surface area contributed by atoms with Gasteiger partial charge >= 0.3 is 0 Å². The number of hydrogen-bond donors (Lipinski definition) is 2. The predicted molar refractivity (Wildman–Crippen MR) is 122 cm³/mol. The van der Waals surface area contributed by atoms with Crippen molar-refractivity contribution in [2.45, 2.75) is 25.8 Å². The Kier molecular flexibility index (Phi) is 7.95. The highest BCUT2D eigenvalue weighted by Crippen LogP contribution is 2.41. The number of benzene rings is 2. The Hall–Kier alpha value is -3.52. The number of phenols is 1. The van der Waals surface area contributed by atoms with E-state index in [0.29, 0.717) is 36.5 Å². The van der Waals surface area contributed by atoms with Gasteiger partial charge in [-0.3, -0.25) is 9.59 Å². The summed E-state index contributed by atoms with van der Waals surface area (Å²) in [7, 11) is 2.99. The lowest BCUT2D eigenvalue weighted by Gasteiger charge is -2.25. The molecule has 0 spiro atoms. The second-order valence-electron chi connectivity index (χ2n) is 7.64. The fourth-order valence-corrected chi connectivity index (χ4v) is 3.80. The van der Waals surface area contributed by atoms with Crippen LogP contribution in [0.15, 0.2) is 48.0 Å². The van der Waals surface area contributed by atoms with Gasteiger partial charge in [-0.1, -0.05) is 13.0 Å². The third kappa shape index (κ3) is 5.12. The van der Waals surface area contributed by atoms with Crippen LogP contribution in [0.1, 0.15) is 36.9 Å². The normalized spacial score (nSPS) is 17.4. The van der Waals surface area contributed by atoms with E-state index in [1.54, 1.807) is 43.5 Å². The zero-order chi connectivity index (χ0) is 24.0. The second-order valence-corrected chi connectivity index (χ2v) is 7.64. The first-order valence-electron chi connectivity index (χ1n) is 10.8. The quantitative estimate of drug-likeness (QED) is 0.244. The molecule has 33 heavy (non-hydrogen) atoms. The van der Waals surface area contributed by atoms with Gasteiger partial charge in [-0.2, -0.15) is 0 Å². The number of amides is 1. The minimum absolute atomic E-state index is 0.0378. The number of ketones is 1. The first-order valence-corrected chi connectivity index (χ1v) is 10.8. The van der Waals surface area contributed by atoms with Crippen LogP contribution in [-0.4, -0.2) is 60.8 Å². The molecule has 1 unspecified atom stereocenters. The monoisotopic (exact) mass is 455 g/mol. The molecule has 2 aromatic carbocycles. The lowest BCUT2D eigenvalue weighted by atomic mass is 9.95. The van der Waals surface area contributed by atoms with Crippen molar-refractivity contribution < 1.29 is 34.0 Å². The van der Waals surface area contributed by atoms with E-state index in [9.17, 15) is 19.8 Å². The topological polar surface area (TPSA) is 106 Å². The number of aliphatic hydroxyl groups is 1. The molecule has 0 aliphatic carbocycles. The van der Waals surface area contributed by atoms with Crippen molar-refractivity contribution in [3.63, 3.8) is 0 Å². The Morgan fingerprint density at radius 2 is 1.79 bits per heavy atom. The molecule has 2 aromatic rings. The number of rotatable bonds is 10. The van der Waals surface area contributed by atoms with Crippen LogP contribution in [0.25, 0.3) is 5.76 Å². The van der Waals surface area contributed by atoms with Crippen LogP contribution < -0.4 is 9.47 Å². The molecule has 8 nitrogen and oxygen atoms in total. The second kappa shape index (κ2) is 10.9. The Morgan fingerprint density at radius 1 is 1.06 bits per heavy atom. The van der Waals surface area contributed by atoms with Crippen LogP contribution in [-0.2, 0) is 14.3 Å². The van der Waals surface area contributed by atoms with Crippen molar-refractivity contribution in [1.29, 1.82) is 0 Å². The molecule has 1 heterocycles. The van der Waals surface area contributed by atoms with Crippen molar-refractivity contribution in [3.8, 4) is 17.2 Å². The Labute approximate surface area is 193 Å². The number of phenolic OH excluding ortho intramolecular Hbond substituents is 1. The molecule has 1 fully saturated rings. The molecular weight excluding hydrogens is 426 g/mol. The molecule has 1 saturated heterocycles. The fourth-order valence-electron chi connectivity index (χ4n) is 3.80. The molecule has 0 aromatic heterocycles. The van der Waals surface area contributed by atoms with Crippen LogP contribution in [0.3, 0.4) is 0 Å². The van der Waals surface area contributed by atoms with E-state index >= 15 is 0 Å². The number of methoxy groups -OCH3 is 2. The molecule has 176 valence electrons. The highest BCUT2D eigenvalue weighted by molar-refractivity contribution is 6.46. The van der Waals surface area contributed by atoms with Crippen molar-refractivity contribution in [3.05, 3.63) is 59.2 Å². The first kappa shape index (κ1) is 24.1. The summed E-state index contributed by atoms with van der Waals surface area (Å²) in [6.07, 6.45) is 1.37. The number of Topliss-reactive ketones (excluding diaryl/α,β-unsaturated/α-hetero) is 1. The lowest BCUT2D eigenvalue weighted by Crippen LogP contribution is -2.31. The molecule has 0 bridgehead atoms. The molecule has 1 aliphatic rings. The highest BCUT2D eigenvalue weighted by atomic mass is 16.5. The average Bonchev–Trinajstić information content (AvgIpc) is 3.07. The predicted octanol–water partition coefficient (Wildman–Crippen LogP) is 3.65. The van der Waals surface area contributed by atoms with Crippen molar-refractivity contribution in [2.24, 2.45) is 0 Å². The molecule has 2 N–H and O–H groups in total. The summed E-state index contributed by atoms with van der Waals surface area (Å²) in [5.74, 6) is -1.00. The number of aliphatic hydroxyl groups excluding tert-OH is 1. The van der Waals surface area contributed by atoms with E-state index in [1.165, 1.54) is 18.1 Å². The van der Waals surface area contributed by atoms with Crippen LogP contribution >= 0.6 is 0 Å². The minimum atomic E-state index is -0.866. The fraction of sp³-hybridized carbons (Fsp3) is 0.360. The van der Waals surface area contributed by atoms with Crippen LogP contribution in [0.5, 0.6) is 17.2 Å². The van der Waals surface area contributed by atoms with E-state index in [2.05, 4.69) is 0 Å². The van der Waals surface area contributed by atoms with E-state index < -0.39 is 17.7 Å². The average molecular weight is 456 g/mol. The smallest absolute Gasteiger partial charge is 0.295 e. The van der Waals surface area contributed by atoms with Crippen molar-refractivity contribution >= 4 is 17.4 Å². The minimum Gasteiger partial charge on any atom is -0.507 e. The molecule has 1 aliphatic heterocycles. The number of likely N-dealkylation sites (tertiary alicyclic amines) is 1. The van der Waals surface area contributed by atoms with Crippen molar-refractivity contribution in [2.75, 3.05) is 34.0 Å². The number of carbonyl (C=O) groups is 2. The summed E-state index contributed by atoms with van der Waals surface area (Å²) < 4.78 is 15.8. The maximum absolute atomic E-state index is 13.0. The maximum atomic E-state index is 13.0. The summed E-state index contributed by atoms with van der Waals surface area (Å²) in [4.78, 5) is 27.3. The van der Waals surface area contributed by atoms with Gasteiger partial charge in [0.25, 0.3) is 11.7 Å². The van der Waals surface area contributed by atoms with E-state index in [-0.39, 0.29) is 29.4 Å². The van der Waals surface area contributed by atoms with Gasteiger partial charge in [-0.25, -0.2) is 0 Å². The van der Waals surface area contributed by atoms with Gasteiger partial charge in [-0.15, -0.1) is 0 Å². The van der Waals surface area contributed by atoms with Crippen LogP contribution in [0.4, 0.5) is 0 Å². The third-order valence-corrected chi connectivity index (χ3v) is 5.41. The van der Waals surface area contributed by atoms with Gasteiger partial charge < -0.3 is 29.3 Å². The number of ether oxygens (including phenoxy) is 3. The van der Waals surface area contributed by atoms with Gasteiger partial charge in [0, 0.05) is 25.8 Å². The van der Waals surface area contributed by atoms with Gasteiger partial charge in [0.2, 0.25) is 0 Å². The van der Waals surface area contributed by atoms with E-state index in [1.807, 2.05) is 6.92 Å². The molecule has 0 saturated carbocycles. The SMILES string of the molecule is CCCOc1ccc(/C(O)=C2/C(=O)C(=O)N(CCCOC)C2c2ccc(OC)c(O)c2)cc1. The van der Waals surface area contributed by atoms with Crippen molar-refractivity contribution in [1.82, 2.24) is 4.90 Å². The van der Waals surface area contributed by atoms with Gasteiger partial charge in [0.15, 0.2) is 11.5 Å². The summed E-state index contributed by atoms with van der Waals surface area (Å²) in [6.45, 7) is 3.22. The lowest BCUT2D eigenvalue weighted by molar-refractivity contribution is -0.140. The molecule has 1 amide bonds. The third-order valence-electron chi connectivity index (χ3n) is 5.41. The zero-order valence-corrected chi connectivity index (χ0v) is 19.0. The first-order chi connectivity index (χ1) is 15.9. The molecule has 1 atom stereocenters. The Bertz CT molecular complexity index is 1030. The Balaban J connectivity index is 2.06. The summed E-state index contributed by atoms with van der Waals surface area (Å²) in [5, 5.41) is 21.4. The van der Waals surface area contributed by atoms with E-state index in [4.69, 9.17) is 14.2 Å². The standard InChI is InChI=1S/C25H29NO7/c1-4-13-33-18-9-6-16(7-10-18)23(28)21-22(17-8-11-20(32-3)19(27)15-17)26(12-5-14-31-2)25(30)24(21)29/h6-11,15,22,27-28H,4-5,12-14H2,1-3H3/b23-21-. The van der Waals surface area contributed by atoms with Crippen LogP contribution in [0.2, 0.25) is 0 Å². The van der Waals surface area contributed by atoms with Gasteiger partial charge in [0.1, 0.15) is 11.5 Å². The number of nitrogens with zero attached hydrogens (tertiary/aromatic N) is 1. The van der Waals surface area contributed by atoms with E-state index in [0.717, 1.165) is 6.42 Å². The number of hydrogen-bond acceptors (Lipinski definition) is 7. The molecule has 3 rings (SSSR count). The Morgan fingerprint density at radius 3 is 2.39 bits per heavy atom. The largest absolute Gasteiger partial charge is 0.507 e. The summed E-state index contributed by atoms with van der Waals surface area (Å²) in [6, 6.07) is 10.5. The van der Waals surface area contributed by atoms with Gasteiger partial charge in [-0.05, 0) is 54.8 Å². The number of aromatic hydroxyl groups is 1.